The van der Waals surface area contributed by atoms with E-state index in [2.05, 4.69) is 16.1 Å². The van der Waals surface area contributed by atoms with Gasteiger partial charge in [-0.3, -0.25) is 4.98 Å². The molecule has 0 saturated heterocycles. The van der Waals surface area contributed by atoms with Crippen molar-refractivity contribution in [2.75, 3.05) is 0 Å². The van der Waals surface area contributed by atoms with Gasteiger partial charge in [0.25, 0.3) is 0 Å². The normalized spacial score (nSPS) is 12.3. The van der Waals surface area contributed by atoms with Crippen LogP contribution < -0.4 is 5.36 Å². The molecule has 2 heterocycles. The van der Waals surface area contributed by atoms with Gasteiger partial charge in [-0.2, -0.15) is 0 Å². The van der Waals surface area contributed by atoms with Crippen LogP contribution in [0.2, 0.25) is 0 Å². The van der Waals surface area contributed by atoms with Crippen LogP contribution in [0.25, 0.3) is 33.2 Å². The molecule has 4 rings (SSSR count). The summed E-state index contributed by atoms with van der Waals surface area (Å²) in [6.07, 6.45) is 7.39. The molecule has 0 aliphatic carbocycles. The highest BCUT2D eigenvalue weighted by Crippen LogP contribution is 2.24. The predicted molar refractivity (Wildman–Crippen MR) is 111 cm³/mol. The summed E-state index contributed by atoms with van der Waals surface area (Å²) in [5.41, 5.74) is 1.69. The van der Waals surface area contributed by atoms with Gasteiger partial charge in [0.15, 0.2) is 5.76 Å². The van der Waals surface area contributed by atoms with E-state index in [1.807, 2.05) is 81.6 Å². The van der Waals surface area contributed by atoms with Gasteiger partial charge in [0.1, 0.15) is 22.2 Å². The van der Waals surface area contributed by atoms with Gasteiger partial charge in [0.2, 0.25) is 0 Å². The Morgan fingerprint density at radius 1 is 1.04 bits per heavy atom. The van der Waals surface area contributed by atoms with Crippen LogP contribution in [0, 0.1) is 12.3 Å². The van der Waals surface area contributed by atoms with E-state index in [0.717, 1.165) is 27.4 Å². The minimum absolute atomic E-state index is 0.403. The van der Waals surface area contributed by atoms with Gasteiger partial charge in [-0.05, 0) is 50.4 Å². The molecule has 138 valence electrons. The average molecular weight is 368 g/mol. The van der Waals surface area contributed by atoms with Crippen molar-refractivity contribution in [1.29, 1.82) is 0 Å². The van der Waals surface area contributed by atoms with Crippen molar-refractivity contribution >= 4 is 21.7 Å². The van der Waals surface area contributed by atoms with Crippen molar-refractivity contribution in [2.24, 2.45) is 5.16 Å². The van der Waals surface area contributed by atoms with Gasteiger partial charge in [-0.15, -0.1) is 6.42 Å². The van der Waals surface area contributed by atoms with Gasteiger partial charge in [0.05, 0.1) is 0 Å². The minimum atomic E-state index is -0.403. The number of hydrogen-bond donors (Lipinski definition) is 0. The topological polar surface area (TPSA) is 47.6 Å². The molecule has 28 heavy (non-hydrogen) atoms. The second-order valence-corrected chi connectivity index (χ2v) is 7.56. The maximum atomic E-state index is 6.14. The Bertz CT molecular complexity index is 1290. The zero-order valence-electron chi connectivity index (χ0n) is 16.1. The number of fused-ring (bicyclic) bond motifs is 2. The van der Waals surface area contributed by atoms with Crippen LogP contribution in [-0.4, -0.2) is 10.6 Å². The van der Waals surface area contributed by atoms with E-state index >= 15 is 0 Å². The van der Waals surface area contributed by atoms with Gasteiger partial charge in [-0.25, -0.2) is 0 Å². The maximum absolute atomic E-state index is 6.14. The van der Waals surface area contributed by atoms with Crippen LogP contribution in [0.3, 0.4) is 0 Å². The van der Waals surface area contributed by atoms with Crippen LogP contribution in [0.4, 0.5) is 0 Å². The van der Waals surface area contributed by atoms with Crippen molar-refractivity contribution in [3.05, 3.63) is 71.7 Å². The first kappa shape index (κ1) is 17.8. The van der Waals surface area contributed by atoms with Crippen LogP contribution in [-0.2, 0) is 4.84 Å². The van der Waals surface area contributed by atoms with Crippen molar-refractivity contribution in [3.8, 4) is 23.8 Å². The zero-order chi connectivity index (χ0) is 19.7. The Morgan fingerprint density at radius 2 is 1.82 bits per heavy atom. The van der Waals surface area contributed by atoms with Gasteiger partial charge >= 0.3 is 0 Å². The average Bonchev–Trinajstić information content (AvgIpc) is 2.70. The summed E-state index contributed by atoms with van der Waals surface area (Å²) in [5.74, 6) is 3.24. The SMILES string of the molecule is C#Cc1ccc2c(=NOC(C)(C)C)cc(-c3cc4ccccc4cn3)oc2c1. The third-order valence-corrected chi connectivity index (χ3v) is 4.21. The highest BCUT2D eigenvalue weighted by atomic mass is 16.6. The lowest BCUT2D eigenvalue weighted by molar-refractivity contribution is -0.00585. The molecule has 4 aromatic rings. The molecular formula is C24H20N2O2. The quantitative estimate of drug-likeness (QED) is 0.358. The van der Waals surface area contributed by atoms with Crippen molar-refractivity contribution in [1.82, 2.24) is 4.98 Å². The smallest absolute Gasteiger partial charge is 0.155 e. The Balaban J connectivity index is 1.95. The predicted octanol–water partition coefficient (Wildman–Crippen LogP) is 5.26. The fourth-order valence-electron chi connectivity index (χ4n) is 2.86. The Kier molecular flexibility index (Phi) is 4.37. The molecule has 4 nitrogen and oxygen atoms in total. The summed E-state index contributed by atoms with van der Waals surface area (Å²) in [4.78, 5) is 10.2. The number of hydrogen-bond acceptors (Lipinski definition) is 4. The van der Waals surface area contributed by atoms with Crippen molar-refractivity contribution < 1.29 is 9.25 Å². The van der Waals surface area contributed by atoms with E-state index in [0.29, 0.717) is 16.7 Å². The molecule has 0 spiro atoms. The number of terminal acetylenes is 1. The molecule has 0 aliphatic heterocycles. The third-order valence-electron chi connectivity index (χ3n) is 4.21. The highest BCUT2D eigenvalue weighted by molar-refractivity contribution is 5.85. The molecule has 0 fully saturated rings. The number of rotatable bonds is 2. The standard InChI is InChI=1S/C24H20N2O2/c1-5-16-10-11-19-20(26-28-24(2,3)4)14-23(27-22(19)12-16)21-13-17-8-6-7-9-18(17)15-25-21/h1,6-15H,2-4H3. The molecule has 0 unspecified atom stereocenters. The van der Waals surface area contributed by atoms with Crippen LogP contribution in [0.1, 0.15) is 26.3 Å². The maximum Gasteiger partial charge on any atom is 0.155 e. The monoisotopic (exact) mass is 368 g/mol. The molecule has 0 N–H and O–H groups in total. The summed E-state index contributed by atoms with van der Waals surface area (Å²) in [5, 5.41) is 8.03. The number of aromatic nitrogens is 1. The van der Waals surface area contributed by atoms with Gasteiger partial charge in [-0.1, -0.05) is 35.3 Å². The van der Waals surface area contributed by atoms with Crippen LogP contribution in [0.5, 0.6) is 0 Å². The summed E-state index contributed by atoms with van der Waals surface area (Å²) in [6, 6.07) is 17.5. The summed E-state index contributed by atoms with van der Waals surface area (Å²) in [6.45, 7) is 5.86. The Hall–Kier alpha value is -3.58. The molecular weight excluding hydrogens is 348 g/mol. The molecule has 0 atom stereocenters. The minimum Gasteiger partial charge on any atom is -0.454 e. The molecule has 0 amide bonds. The lowest BCUT2D eigenvalue weighted by atomic mass is 10.1. The van der Waals surface area contributed by atoms with E-state index in [9.17, 15) is 0 Å². The first-order valence-corrected chi connectivity index (χ1v) is 9.05. The highest BCUT2D eigenvalue weighted by Gasteiger charge is 2.12. The molecule has 2 aromatic heterocycles. The third kappa shape index (κ3) is 3.60. The fourth-order valence-corrected chi connectivity index (χ4v) is 2.86. The van der Waals surface area contributed by atoms with E-state index in [-0.39, 0.29) is 0 Å². The van der Waals surface area contributed by atoms with Crippen LogP contribution >= 0.6 is 0 Å². The summed E-state index contributed by atoms with van der Waals surface area (Å²) < 4.78 is 6.14. The van der Waals surface area contributed by atoms with E-state index < -0.39 is 5.60 Å². The summed E-state index contributed by atoms with van der Waals surface area (Å²) in [7, 11) is 0. The largest absolute Gasteiger partial charge is 0.454 e. The lowest BCUT2D eigenvalue weighted by Crippen LogP contribution is -2.18. The molecule has 0 aliphatic rings. The van der Waals surface area contributed by atoms with Gasteiger partial charge < -0.3 is 9.25 Å². The molecule has 0 bridgehead atoms. The number of pyridine rings is 1. The molecule has 2 aromatic carbocycles. The van der Waals surface area contributed by atoms with Gasteiger partial charge in [0, 0.05) is 28.6 Å². The van der Waals surface area contributed by atoms with Crippen molar-refractivity contribution in [2.45, 2.75) is 26.4 Å². The van der Waals surface area contributed by atoms with E-state index in [1.54, 1.807) is 0 Å². The Labute approximate surface area is 163 Å². The molecule has 0 saturated carbocycles. The first-order chi connectivity index (χ1) is 13.4. The lowest BCUT2D eigenvalue weighted by Gasteiger charge is -2.15. The molecule has 4 heteroatoms. The summed E-state index contributed by atoms with van der Waals surface area (Å²) >= 11 is 0. The Morgan fingerprint density at radius 3 is 2.57 bits per heavy atom. The van der Waals surface area contributed by atoms with Crippen molar-refractivity contribution in [3.63, 3.8) is 0 Å². The number of nitrogens with zero attached hydrogens (tertiary/aromatic N) is 2. The zero-order valence-corrected chi connectivity index (χ0v) is 16.1. The number of benzene rings is 2. The first-order valence-electron chi connectivity index (χ1n) is 9.05. The second-order valence-electron chi connectivity index (χ2n) is 7.56. The van der Waals surface area contributed by atoms with Crippen LogP contribution in [0.15, 0.2) is 70.4 Å². The fraction of sp³-hybridized carbons (Fsp3) is 0.167. The second kappa shape index (κ2) is 6.86. The van der Waals surface area contributed by atoms with E-state index in [1.165, 1.54) is 0 Å². The molecule has 0 radical (unpaired) electrons. The van der Waals surface area contributed by atoms with E-state index in [4.69, 9.17) is 15.7 Å².